The average molecular weight is 280 g/mol. The molecule has 6 nitrogen and oxygen atoms in total. The number of nitrogens with zero attached hydrogens (tertiary/aromatic N) is 4. The standard InChI is InChI=1S/C15H16N6/c1-10-12(11-6-4-3-5-7-11)18-14(19-13(10)20-16)15-17-8-9-21(15)2/h3-9H,16H2,1-2H3,(H,18,19,20). The first kappa shape index (κ1) is 13.3. The Morgan fingerprint density at radius 3 is 2.52 bits per heavy atom. The van der Waals surface area contributed by atoms with Crippen molar-refractivity contribution in [3.63, 3.8) is 0 Å². The van der Waals surface area contributed by atoms with E-state index < -0.39 is 0 Å². The summed E-state index contributed by atoms with van der Waals surface area (Å²) in [5.41, 5.74) is 5.41. The third-order valence-electron chi connectivity index (χ3n) is 3.35. The molecular formula is C15H16N6. The van der Waals surface area contributed by atoms with Gasteiger partial charge < -0.3 is 9.99 Å². The molecule has 0 amide bonds. The number of aromatic nitrogens is 4. The molecule has 6 heteroatoms. The predicted octanol–water partition coefficient (Wildman–Crippen LogP) is 2.14. The summed E-state index contributed by atoms with van der Waals surface area (Å²) in [5.74, 6) is 7.43. The van der Waals surface area contributed by atoms with Crippen molar-refractivity contribution < 1.29 is 0 Å². The molecule has 21 heavy (non-hydrogen) atoms. The first-order valence-electron chi connectivity index (χ1n) is 6.59. The molecule has 0 unspecified atom stereocenters. The molecule has 0 bridgehead atoms. The Kier molecular flexibility index (Phi) is 3.37. The summed E-state index contributed by atoms with van der Waals surface area (Å²) in [5, 5.41) is 0. The van der Waals surface area contributed by atoms with Gasteiger partial charge >= 0.3 is 0 Å². The number of imidazole rings is 1. The summed E-state index contributed by atoms with van der Waals surface area (Å²) in [4.78, 5) is 13.4. The van der Waals surface area contributed by atoms with E-state index in [9.17, 15) is 0 Å². The molecule has 2 aromatic heterocycles. The second-order valence-electron chi connectivity index (χ2n) is 4.74. The van der Waals surface area contributed by atoms with E-state index in [4.69, 9.17) is 5.84 Å². The van der Waals surface area contributed by atoms with Gasteiger partial charge in [-0.2, -0.15) is 0 Å². The number of nitrogen functional groups attached to an aromatic ring is 1. The summed E-state index contributed by atoms with van der Waals surface area (Å²) in [6.07, 6.45) is 3.58. The molecule has 0 saturated heterocycles. The van der Waals surface area contributed by atoms with Gasteiger partial charge in [-0.15, -0.1) is 0 Å². The lowest BCUT2D eigenvalue weighted by atomic mass is 10.1. The van der Waals surface area contributed by atoms with Crippen LogP contribution in [0.4, 0.5) is 5.82 Å². The maximum absolute atomic E-state index is 5.59. The third-order valence-corrected chi connectivity index (χ3v) is 3.35. The first-order valence-corrected chi connectivity index (χ1v) is 6.59. The maximum Gasteiger partial charge on any atom is 0.198 e. The number of hydrazine groups is 1. The molecule has 0 saturated carbocycles. The van der Waals surface area contributed by atoms with Gasteiger partial charge in [0.1, 0.15) is 5.82 Å². The smallest absolute Gasteiger partial charge is 0.198 e. The maximum atomic E-state index is 5.59. The van der Waals surface area contributed by atoms with Crippen LogP contribution in [0.2, 0.25) is 0 Å². The van der Waals surface area contributed by atoms with Crippen LogP contribution >= 0.6 is 0 Å². The normalized spacial score (nSPS) is 10.6. The molecule has 0 atom stereocenters. The van der Waals surface area contributed by atoms with Crippen LogP contribution in [0.25, 0.3) is 22.9 Å². The lowest BCUT2D eigenvalue weighted by molar-refractivity contribution is 0.905. The first-order chi connectivity index (χ1) is 10.2. The van der Waals surface area contributed by atoms with Crippen molar-refractivity contribution in [2.75, 3.05) is 5.43 Å². The van der Waals surface area contributed by atoms with Crippen LogP contribution in [-0.4, -0.2) is 19.5 Å². The molecule has 3 rings (SSSR count). The summed E-state index contributed by atoms with van der Waals surface area (Å²) in [6, 6.07) is 9.96. The molecule has 0 aliphatic heterocycles. The average Bonchev–Trinajstić information content (AvgIpc) is 2.94. The minimum Gasteiger partial charge on any atom is -0.331 e. The van der Waals surface area contributed by atoms with Gasteiger partial charge in [-0.1, -0.05) is 30.3 Å². The van der Waals surface area contributed by atoms with E-state index in [1.807, 2.05) is 55.1 Å². The highest BCUT2D eigenvalue weighted by molar-refractivity contribution is 5.70. The van der Waals surface area contributed by atoms with Crippen LogP contribution < -0.4 is 11.3 Å². The van der Waals surface area contributed by atoms with Gasteiger partial charge in [-0.25, -0.2) is 20.8 Å². The zero-order valence-corrected chi connectivity index (χ0v) is 11.9. The summed E-state index contributed by atoms with van der Waals surface area (Å²) < 4.78 is 1.87. The molecule has 0 spiro atoms. The highest BCUT2D eigenvalue weighted by Gasteiger charge is 2.15. The molecule has 3 N–H and O–H groups in total. The Balaban J connectivity index is 2.23. The van der Waals surface area contributed by atoms with Crippen LogP contribution in [-0.2, 0) is 7.05 Å². The van der Waals surface area contributed by atoms with Crippen molar-refractivity contribution in [2.45, 2.75) is 6.92 Å². The fourth-order valence-corrected chi connectivity index (χ4v) is 2.22. The van der Waals surface area contributed by atoms with Gasteiger partial charge in [-0.05, 0) is 6.92 Å². The number of nitrogens with two attached hydrogens (primary N) is 1. The third kappa shape index (κ3) is 2.36. The fourth-order valence-electron chi connectivity index (χ4n) is 2.22. The highest BCUT2D eigenvalue weighted by atomic mass is 15.3. The number of hydrogen-bond donors (Lipinski definition) is 2. The highest BCUT2D eigenvalue weighted by Crippen LogP contribution is 2.27. The Morgan fingerprint density at radius 1 is 1.14 bits per heavy atom. The zero-order chi connectivity index (χ0) is 14.8. The number of anilines is 1. The van der Waals surface area contributed by atoms with Gasteiger partial charge in [-0.3, -0.25) is 0 Å². The molecule has 0 radical (unpaired) electrons. The van der Waals surface area contributed by atoms with Crippen LogP contribution in [0, 0.1) is 6.92 Å². The van der Waals surface area contributed by atoms with Crippen LogP contribution in [0.5, 0.6) is 0 Å². The lowest BCUT2D eigenvalue weighted by Crippen LogP contribution is -2.13. The van der Waals surface area contributed by atoms with Crippen LogP contribution in [0.3, 0.4) is 0 Å². The molecule has 1 aromatic carbocycles. The Labute approximate surface area is 122 Å². The van der Waals surface area contributed by atoms with Crippen LogP contribution in [0.15, 0.2) is 42.7 Å². The van der Waals surface area contributed by atoms with Gasteiger partial charge in [0.25, 0.3) is 0 Å². The Bertz CT molecular complexity index is 763. The van der Waals surface area contributed by atoms with E-state index in [-0.39, 0.29) is 0 Å². The van der Waals surface area contributed by atoms with Crippen molar-refractivity contribution in [1.29, 1.82) is 0 Å². The number of nitrogens with one attached hydrogen (secondary N) is 1. The Hall–Kier alpha value is -2.73. The number of hydrogen-bond acceptors (Lipinski definition) is 5. The summed E-state index contributed by atoms with van der Waals surface area (Å²) >= 11 is 0. The van der Waals surface area contributed by atoms with E-state index in [1.165, 1.54) is 0 Å². The summed E-state index contributed by atoms with van der Waals surface area (Å²) in [6.45, 7) is 1.94. The summed E-state index contributed by atoms with van der Waals surface area (Å²) in [7, 11) is 1.91. The minimum absolute atomic E-state index is 0.542. The van der Waals surface area contributed by atoms with Crippen molar-refractivity contribution in [2.24, 2.45) is 12.9 Å². The quantitative estimate of drug-likeness (QED) is 0.567. The van der Waals surface area contributed by atoms with E-state index in [1.54, 1.807) is 6.20 Å². The number of aryl methyl sites for hydroxylation is 1. The van der Waals surface area contributed by atoms with Crippen molar-refractivity contribution >= 4 is 5.82 Å². The lowest BCUT2D eigenvalue weighted by Gasteiger charge is -2.12. The van der Waals surface area contributed by atoms with E-state index in [0.717, 1.165) is 16.8 Å². The number of benzene rings is 1. The van der Waals surface area contributed by atoms with Crippen molar-refractivity contribution in [3.8, 4) is 22.9 Å². The fraction of sp³-hybridized carbons (Fsp3) is 0.133. The molecular weight excluding hydrogens is 264 g/mol. The molecule has 106 valence electrons. The van der Waals surface area contributed by atoms with Gasteiger partial charge in [0.05, 0.1) is 5.69 Å². The predicted molar refractivity (Wildman–Crippen MR) is 82.2 cm³/mol. The molecule has 0 aliphatic rings. The zero-order valence-electron chi connectivity index (χ0n) is 11.9. The molecule has 0 aliphatic carbocycles. The van der Waals surface area contributed by atoms with E-state index in [2.05, 4.69) is 20.4 Å². The molecule has 0 fully saturated rings. The molecule has 2 heterocycles. The number of rotatable bonds is 3. The molecule has 3 aromatic rings. The largest absolute Gasteiger partial charge is 0.331 e. The van der Waals surface area contributed by atoms with Gasteiger partial charge in [0.15, 0.2) is 11.6 Å². The van der Waals surface area contributed by atoms with E-state index in [0.29, 0.717) is 17.5 Å². The van der Waals surface area contributed by atoms with Gasteiger partial charge in [0, 0.05) is 30.6 Å². The van der Waals surface area contributed by atoms with Crippen molar-refractivity contribution in [1.82, 2.24) is 19.5 Å². The van der Waals surface area contributed by atoms with Gasteiger partial charge in [0.2, 0.25) is 0 Å². The van der Waals surface area contributed by atoms with Crippen LogP contribution in [0.1, 0.15) is 5.56 Å². The van der Waals surface area contributed by atoms with E-state index >= 15 is 0 Å². The second-order valence-corrected chi connectivity index (χ2v) is 4.74. The SMILES string of the molecule is Cc1c(NN)nc(-c2nccn2C)nc1-c1ccccc1. The van der Waals surface area contributed by atoms with Crippen molar-refractivity contribution in [3.05, 3.63) is 48.3 Å². The second kappa shape index (κ2) is 5.34. The monoisotopic (exact) mass is 280 g/mol. The Morgan fingerprint density at radius 2 is 1.90 bits per heavy atom. The minimum atomic E-state index is 0.542. The topological polar surface area (TPSA) is 81.6 Å².